The molecule has 0 unspecified atom stereocenters. The van der Waals surface area contributed by atoms with E-state index in [0.29, 0.717) is 11.3 Å². The molecule has 0 radical (unpaired) electrons. The van der Waals surface area contributed by atoms with Gasteiger partial charge in [-0.3, -0.25) is 9.10 Å². The third-order valence-corrected chi connectivity index (χ3v) is 3.29. The van der Waals surface area contributed by atoms with Gasteiger partial charge in [-0.25, -0.2) is 8.42 Å². The molecular formula is C9H9NO3S. The van der Waals surface area contributed by atoms with E-state index >= 15 is 0 Å². The lowest BCUT2D eigenvalue weighted by Gasteiger charge is -2.14. The molecule has 2 rings (SSSR count). The van der Waals surface area contributed by atoms with Gasteiger partial charge in [-0.1, -0.05) is 12.1 Å². The number of fused-ring (bicyclic) bond motifs is 1. The lowest BCUT2D eigenvalue weighted by molar-refractivity contribution is 0.101. The first-order valence-electron chi connectivity index (χ1n) is 4.10. The molecule has 14 heavy (non-hydrogen) atoms. The van der Waals surface area contributed by atoms with Crippen molar-refractivity contribution in [1.82, 2.24) is 0 Å². The van der Waals surface area contributed by atoms with Crippen LogP contribution in [-0.2, 0) is 10.0 Å². The zero-order valence-corrected chi connectivity index (χ0v) is 8.41. The van der Waals surface area contributed by atoms with E-state index < -0.39 is 10.0 Å². The van der Waals surface area contributed by atoms with Gasteiger partial charge in [-0.05, 0) is 12.1 Å². The molecule has 1 heterocycles. The highest BCUT2D eigenvalue weighted by molar-refractivity contribution is 7.92. The Bertz CT molecular complexity index is 493. The van der Waals surface area contributed by atoms with E-state index in [1.807, 2.05) is 0 Å². The van der Waals surface area contributed by atoms with Gasteiger partial charge in [0.1, 0.15) is 0 Å². The normalized spacial score (nSPS) is 15.8. The Balaban J connectivity index is 2.61. The standard InChI is InChI=1S/C9H9NO3S/c1-14(12,13)10-6-9(11)7-4-2-3-5-8(7)10/h2-5H,6H2,1H3. The summed E-state index contributed by atoms with van der Waals surface area (Å²) in [6.45, 7) is -0.0713. The fourth-order valence-corrected chi connectivity index (χ4v) is 2.39. The van der Waals surface area contributed by atoms with Crippen LogP contribution in [0.1, 0.15) is 10.4 Å². The maximum atomic E-state index is 11.4. The molecule has 0 fully saturated rings. The Morgan fingerprint density at radius 1 is 1.29 bits per heavy atom. The average molecular weight is 211 g/mol. The number of hydrogen-bond donors (Lipinski definition) is 0. The lowest BCUT2D eigenvalue weighted by atomic mass is 10.1. The molecule has 0 atom stereocenters. The van der Waals surface area contributed by atoms with Crippen LogP contribution in [0.15, 0.2) is 24.3 Å². The number of carbonyl (C=O) groups is 1. The monoisotopic (exact) mass is 211 g/mol. The molecule has 4 nitrogen and oxygen atoms in total. The molecule has 74 valence electrons. The molecule has 0 bridgehead atoms. The number of ketones is 1. The molecule has 1 aliphatic rings. The number of para-hydroxylation sites is 1. The van der Waals surface area contributed by atoms with E-state index in [0.717, 1.165) is 10.6 Å². The topological polar surface area (TPSA) is 54.5 Å². The Kier molecular flexibility index (Phi) is 1.85. The van der Waals surface area contributed by atoms with Gasteiger partial charge < -0.3 is 0 Å². The van der Waals surface area contributed by atoms with Crippen LogP contribution in [0.5, 0.6) is 0 Å². The summed E-state index contributed by atoms with van der Waals surface area (Å²) in [6, 6.07) is 6.72. The van der Waals surface area contributed by atoms with Crippen molar-refractivity contribution >= 4 is 21.5 Å². The van der Waals surface area contributed by atoms with E-state index in [1.54, 1.807) is 24.3 Å². The summed E-state index contributed by atoms with van der Waals surface area (Å²) < 4.78 is 23.8. The quantitative estimate of drug-likeness (QED) is 0.685. The lowest BCUT2D eigenvalue weighted by Crippen LogP contribution is -2.28. The number of sulfonamides is 1. The van der Waals surface area contributed by atoms with Gasteiger partial charge in [-0.2, -0.15) is 0 Å². The van der Waals surface area contributed by atoms with Crippen molar-refractivity contribution in [3.8, 4) is 0 Å². The first-order chi connectivity index (χ1) is 6.50. The molecule has 0 spiro atoms. The Morgan fingerprint density at radius 2 is 1.93 bits per heavy atom. The highest BCUT2D eigenvalue weighted by Gasteiger charge is 2.31. The molecule has 0 amide bonds. The summed E-state index contributed by atoms with van der Waals surface area (Å²) in [5.41, 5.74) is 0.970. The molecule has 0 N–H and O–H groups in total. The van der Waals surface area contributed by atoms with Crippen LogP contribution < -0.4 is 4.31 Å². The Hall–Kier alpha value is -1.36. The number of hydrogen-bond acceptors (Lipinski definition) is 3. The summed E-state index contributed by atoms with van der Waals surface area (Å²) in [6.07, 6.45) is 1.10. The van der Waals surface area contributed by atoms with Gasteiger partial charge in [0.05, 0.1) is 18.5 Å². The van der Waals surface area contributed by atoms with Crippen molar-refractivity contribution in [3.63, 3.8) is 0 Å². The molecule has 1 aromatic rings. The number of benzene rings is 1. The summed E-state index contributed by atoms with van der Waals surface area (Å²) in [5, 5.41) is 0. The fraction of sp³-hybridized carbons (Fsp3) is 0.222. The van der Waals surface area contributed by atoms with Crippen LogP contribution in [0.2, 0.25) is 0 Å². The van der Waals surface area contributed by atoms with E-state index in [4.69, 9.17) is 0 Å². The number of carbonyl (C=O) groups excluding carboxylic acids is 1. The van der Waals surface area contributed by atoms with Crippen LogP contribution in [0.3, 0.4) is 0 Å². The predicted octanol–water partition coefficient (Wildman–Crippen LogP) is 0.649. The molecule has 1 aromatic carbocycles. The van der Waals surface area contributed by atoms with Crippen molar-refractivity contribution in [2.75, 3.05) is 17.1 Å². The van der Waals surface area contributed by atoms with Gasteiger partial charge in [0.25, 0.3) is 0 Å². The average Bonchev–Trinajstić information content (AvgIpc) is 2.44. The third-order valence-electron chi connectivity index (χ3n) is 2.16. The van der Waals surface area contributed by atoms with Gasteiger partial charge in [0.15, 0.2) is 5.78 Å². The highest BCUT2D eigenvalue weighted by atomic mass is 32.2. The van der Waals surface area contributed by atoms with Crippen molar-refractivity contribution in [3.05, 3.63) is 29.8 Å². The molecule has 0 aromatic heterocycles. The summed E-state index contributed by atoms with van der Waals surface area (Å²) in [5.74, 6) is -0.147. The minimum atomic E-state index is -3.34. The molecule has 0 aliphatic carbocycles. The van der Waals surface area contributed by atoms with Crippen LogP contribution in [0, 0.1) is 0 Å². The fourth-order valence-electron chi connectivity index (χ4n) is 1.52. The van der Waals surface area contributed by atoms with Crippen molar-refractivity contribution in [1.29, 1.82) is 0 Å². The van der Waals surface area contributed by atoms with E-state index in [2.05, 4.69) is 0 Å². The van der Waals surface area contributed by atoms with E-state index in [9.17, 15) is 13.2 Å². The van der Waals surface area contributed by atoms with E-state index in [1.165, 1.54) is 0 Å². The summed E-state index contributed by atoms with van der Waals surface area (Å²) in [4.78, 5) is 11.4. The second-order valence-electron chi connectivity index (χ2n) is 3.21. The smallest absolute Gasteiger partial charge is 0.232 e. The zero-order chi connectivity index (χ0) is 10.3. The molecule has 0 saturated heterocycles. The molecule has 0 saturated carbocycles. The third kappa shape index (κ3) is 1.29. The number of anilines is 1. The van der Waals surface area contributed by atoms with Crippen LogP contribution in [0.4, 0.5) is 5.69 Å². The van der Waals surface area contributed by atoms with Gasteiger partial charge in [0.2, 0.25) is 10.0 Å². The number of nitrogens with zero attached hydrogens (tertiary/aromatic N) is 1. The summed E-state index contributed by atoms with van der Waals surface area (Å²) >= 11 is 0. The van der Waals surface area contributed by atoms with Crippen molar-refractivity contribution in [2.45, 2.75) is 0 Å². The predicted molar refractivity (Wildman–Crippen MR) is 53.0 cm³/mol. The number of rotatable bonds is 1. The van der Waals surface area contributed by atoms with Crippen LogP contribution in [0.25, 0.3) is 0 Å². The van der Waals surface area contributed by atoms with Gasteiger partial charge >= 0.3 is 0 Å². The van der Waals surface area contributed by atoms with Gasteiger partial charge in [0, 0.05) is 5.56 Å². The summed E-state index contributed by atoms with van der Waals surface area (Å²) in [7, 11) is -3.34. The number of Topliss-reactive ketones (excluding diaryl/α,β-unsaturated/α-hetero) is 1. The first kappa shape index (κ1) is 9.21. The van der Waals surface area contributed by atoms with E-state index in [-0.39, 0.29) is 12.3 Å². The SMILES string of the molecule is CS(=O)(=O)N1CC(=O)c2ccccc21. The molecule has 5 heteroatoms. The van der Waals surface area contributed by atoms with Crippen molar-refractivity contribution in [2.24, 2.45) is 0 Å². The first-order valence-corrected chi connectivity index (χ1v) is 5.95. The van der Waals surface area contributed by atoms with Crippen LogP contribution >= 0.6 is 0 Å². The van der Waals surface area contributed by atoms with Crippen LogP contribution in [-0.4, -0.2) is 27.0 Å². The maximum absolute atomic E-state index is 11.4. The highest BCUT2D eigenvalue weighted by Crippen LogP contribution is 2.29. The minimum absolute atomic E-state index is 0.0713. The largest absolute Gasteiger partial charge is 0.292 e. The second-order valence-corrected chi connectivity index (χ2v) is 5.12. The van der Waals surface area contributed by atoms with Gasteiger partial charge in [-0.15, -0.1) is 0 Å². The molecule has 1 aliphatic heterocycles. The second kappa shape index (κ2) is 2.81. The Labute approximate surface area is 82.2 Å². The maximum Gasteiger partial charge on any atom is 0.232 e. The Morgan fingerprint density at radius 3 is 2.57 bits per heavy atom. The minimum Gasteiger partial charge on any atom is -0.292 e. The van der Waals surface area contributed by atoms with Crippen molar-refractivity contribution < 1.29 is 13.2 Å². The zero-order valence-electron chi connectivity index (χ0n) is 7.60. The molecular weight excluding hydrogens is 202 g/mol.